The molecular weight excluding hydrogens is 238 g/mol. The molecule has 0 unspecified atom stereocenters. The van der Waals surface area contributed by atoms with Gasteiger partial charge in [-0.15, -0.1) is 5.10 Å². The molecule has 0 bridgehead atoms. The fourth-order valence-electron chi connectivity index (χ4n) is 2.05. The molecule has 0 atom stereocenters. The van der Waals surface area contributed by atoms with E-state index in [0.717, 1.165) is 23.8 Å². The van der Waals surface area contributed by atoms with E-state index in [1.807, 2.05) is 6.07 Å². The molecule has 1 aromatic carbocycles. The topological polar surface area (TPSA) is 55.6 Å². The van der Waals surface area contributed by atoms with Gasteiger partial charge in [-0.1, -0.05) is 32.8 Å². The molecule has 0 aliphatic heterocycles. The first-order valence-corrected chi connectivity index (χ1v) is 6.82. The van der Waals surface area contributed by atoms with Gasteiger partial charge in [-0.3, -0.25) is 0 Å². The lowest BCUT2D eigenvalue weighted by atomic mass is 10.0. The van der Waals surface area contributed by atoms with Crippen LogP contribution in [0.2, 0.25) is 0 Å². The van der Waals surface area contributed by atoms with E-state index < -0.39 is 0 Å². The number of nitrogens with one attached hydrogen (secondary N) is 1. The summed E-state index contributed by atoms with van der Waals surface area (Å²) < 4.78 is 1.67. The summed E-state index contributed by atoms with van der Waals surface area (Å²) in [7, 11) is 0. The fourth-order valence-corrected chi connectivity index (χ4v) is 2.05. The van der Waals surface area contributed by atoms with Crippen molar-refractivity contribution in [3.63, 3.8) is 0 Å². The summed E-state index contributed by atoms with van der Waals surface area (Å²) in [5.74, 6) is 0.719. The van der Waals surface area contributed by atoms with Crippen molar-refractivity contribution in [1.82, 2.24) is 20.2 Å². The van der Waals surface area contributed by atoms with Gasteiger partial charge in [-0.2, -0.15) is 0 Å². The maximum absolute atomic E-state index is 3.91. The largest absolute Gasteiger partial charge is 0.384 e. The van der Waals surface area contributed by atoms with E-state index >= 15 is 0 Å². The van der Waals surface area contributed by atoms with Gasteiger partial charge in [0, 0.05) is 12.2 Å². The Morgan fingerprint density at radius 1 is 1.26 bits per heavy atom. The zero-order chi connectivity index (χ0) is 13.7. The molecule has 102 valence electrons. The Balaban J connectivity index is 2.14. The van der Waals surface area contributed by atoms with Crippen LogP contribution < -0.4 is 5.32 Å². The van der Waals surface area contributed by atoms with Gasteiger partial charge < -0.3 is 5.32 Å². The van der Waals surface area contributed by atoms with Crippen LogP contribution in [0.3, 0.4) is 0 Å². The summed E-state index contributed by atoms with van der Waals surface area (Å²) in [5.41, 5.74) is 3.37. The maximum Gasteiger partial charge on any atom is 0.143 e. The molecule has 0 radical (unpaired) electrons. The third kappa shape index (κ3) is 3.30. The maximum atomic E-state index is 3.91. The molecule has 5 heteroatoms. The van der Waals surface area contributed by atoms with Crippen LogP contribution >= 0.6 is 0 Å². The van der Waals surface area contributed by atoms with Gasteiger partial charge in [-0.05, 0) is 41.0 Å². The standard InChI is InChI=1S/C14H21N5/c1-4-12(5-2)9-15-14-8-13(7-6-11(14)3)19-10-16-17-18-19/h6-8,10,12,15H,4-5,9H2,1-3H3. The van der Waals surface area contributed by atoms with E-state index in [2.05, 4.69) is 53.7 Å². The number of hydrogen-bond donors (Lipinski definition) is 1. The average Bonchev–Trinajstić information content (AvgIpc) is 2.96. The minimum absolute atomic E-state index is 0.719. The first kappa shape index (κ1) is 13.5. The van der Waals surface area contributed by atoms with Crippen molar-refractivity contribution in [2.24, 2.45) is 5.92 Å². The summed E-state index contributed by atoms with van der Waals surface area (Å²) in [5, 5.41) is 14.8. The molecule has 19 heavy (non-hydrogen) atoms. The molecule has 0 saturated heterocycles. The zero-order valence-electron chi connectivity index (χ0n) is 11.8. The number of benzene rings is 1. The predicted octanol–water partition coefficient (Wildman–Crippen LogP) is 2.82. The molecule has 0 saturated carbocycles. The minimum atomic E-state index is 0.719. The van der Waals surface area contributed by atoms with Crippen LogP contribution in [0.25, 0.3) is 5.69 Å². The Morgan fingerprint density at radius 2 is 2.05 bits per heavy atom. The zero-order valence-corrected chi connectivity index (χ0v) is 11.8. The Labute approximate surface area is 114 Å². The molecule has 2 rings (SSSR count). The van der Waals surface area contributed by atoms with Crippen LogP contribution in [0.1, 0.15) is 32.3 Å². The summed E-state index contributed by atoms with van der Waals surface area (Å²) in [6.07, 6.45) is 4.01. The lowest BCUT2D eigenvalue weighted by Crippen LogP contribution is -2.13. The van der Waals surface area contributed by atoms with Gasteiger partial charge in [0.25, 0.3) is 0 Å². The van der Waals surface area contributed by atoms with Crippen LogP contribution in [0.15, 0.2) is 24.5 Å². The Hall–Kier alpha value is -1.91. The van der Waals surface area contributed by atoms with Gasteiger partial charge in [0.1, 0.15) is 6.33 Å². The van der Waals surface area contributed by atoms with Crippen LogP contribution in [-0.2, 0) is 0 Å². The lowest BCUT2D eigenvalue weighted by Gasteiger charge is -2.16. The summed E-state index contributed by atoms with van der Waals surface area (Å²) in [6.45, 7) is 7.59. The highest BCUT2D eigenvalue weighted by Crippen LogP contribution is 2.20. The molecule has 5 nitrogen and oxygen atoms in total. The number of rotatable bonds is 6. The van der Waals surface area contributed by atoms with E-state index in [-0.39, 0.29) is 0 Å². The van der Waals surface area contributed by atoms with Crippen LogP contribution in [0, 0.1) is 12.8 Å². The van der Waals surface area contributed by atoms with Gasteiger partial charge in [0.05, 0.1) is 5.69 Å². The highest BCUT2D eigenvalue weighted by molar-refractivity contribution is 5.56. The predicted molar refractivity (Wildman–Crippen MR) is 76.5 cm³/mol. The third-order valence-electron chi connectivity index (χ3n) is 3.57. The quantitative estimate of drug-likeness (QED) is 0.866. The normalized spacial score (nSPS) is 10.9. The molecule has 0 amide bonds. The van der Waals surface area contributed by atoms with Crippen molar-refractivity contribution in [2.75, 3.05) is 11.9 Å². The van der Waals surface area contributed by atoms with Crippen molar-refractivity contribution in [3.8, 4) is 5.69 Å². The summed E-state index contributed by atoms with van der Waals surface area (Å²) >= 11 is 0. The second kappa shape index (κ2) is 6.31. The van der Waals surface area contributed by atoms with E-state index in [1.165, 1.54) is 18.4 Å². The third-order valence-corrected chi connectivity index (χ3v) is 3.57. The van der Waals surface area contributed by atoms with Crippen LogP contribution in [0.5, 0.6) is 0 Å². The van der Waals surface area contributed by atoms with E-state index in [9.17, 15) is 0 Å². The number of tetrazole rings is 1. The SMILES string of the molecule is CCC(CC)CNc1cc(-n2cnnn2)ccc1C. The Morgan fingerprint density at radius 3 is 2.68 bits per heavy atom. The van der Waals surface area contributed by atoms with E-state index in [4.69, 9.17) is 0 Å². The molecule has 0 spiro atoms. The number of aromatic nitrogens is 4. The Bertz CT molecular complexity index is 503. The first-order chi connectivity index (χ1) is 9.24. The number of aryl methyl sites for hydroxylation is 1. The summed E-state index contributed by atoms with van der Waals surface area (Å²) in [6, 6.07) is 6.20. The summed E-state index contributed by atoms with van der Waals surface area (Å²) in [4.78, 5) is 0. The van der Waals surface area contributed by atoms with Crippen LogP contribution in [0.4, 0.5) is 5.69 Å². The van der Waals surface area contributed by atoms with Crippen molar-refractivity contribution in [3.05, 3.63) is 30.1 Å². The van der Waals surface area contributed by atoms with Crippen molar-refractivity contribution < 1.29 is 0 Å². The lowest BCUT2D eigenvalue weighted by molar-refractivity contribution is 0.519. The molecule has 1 N–H and O–H groups in total. The number of hydrogen-bond acceptors (Lipinski definition) is 4. The monoisotopic (exact) mass is 259 g/mol. The smallest absolute Gasteiger partial charge is 0.143 e. The minimum Gasteiger partial charge on any atom is -0.384 e. The fraction of sp³-hybridized carbons (Fsp3) is 0.500. The average molecular weight is 259 g/mol. The second-order valence-electron chi connectivity index (χ2n) is 4.82. The van der Waals surface area contributed by atoms with Gasteiger partial charge in [0.15, 0.2) is 0 Å². The van der Waals surface area contributed by atoms with Crippen molar-refractivity contribution in [1.29, 1.82) is 0 Å². The Kier molecular flexibility index (Phi) is 4.49. The van der Waals surface area contributed by atoms with E-state index in [0.29, 0.717) is 0 Å². The molecule has 2 aromatic rings. The highest BCUT2D eigenvalue weighted by Gasteiger charge is 2.06. The van der Waals surface area contributed by atoms with Gasteiger partial charge in [-0.25, -0.2) is 4.68 Å². The van der Waals surface area contributed by atoms with Crippen LogP contribution in [-0.4, -0.2) is 26.8 Å². The molecule has 0 aliphatic rings. The first-order valence-electron chi connectivity index (χ1n) is 6.82. The second-order valence-corrected chi connectivity index (χ2v) is 4.82. The molecule has 0 fully saturated rings. The molecule has 1 heterocycles. The number of anilines is 1. The van der Waals surface area contributed by atoms with E-state index in [1.54, 1.807) is 11.0 Å². The molecule has 0 aliphatic carbocycles. The number of nitrogens with zero attached hydrogens (tertiary/aromatic N) is 4. The van der Waals surface area contributed by atoms with Crippen molar-refractivity contribution >= 4 is 5.69 Å². The molecule has 1 aromatic heterocycles. The van der Waals surface area contributed by atoms with Gasteiger partial charge >= 0.3 is 0 Å². The highest BCUT2D eigenvalue weighted by atomic mass is 15.5. The van der Waals surface area contributed by atoms with Crippen molar-refractivity contribution in [2.45, 2.75) is 33.6 Å². The van der Waals surface area contributed by atoms with Gasteiger partial charge in [0.2, 0.25) is 0 Å². The molecular formula is C14H21N5.